The van der Waals surface area contributed by atoms with Gasteiger partial charge < -0.3 is 9.84 Å². The van der Waals surface area contributed by atoms with E-state index in [0.29, 0.717) is 6.61 Å². The van der Waals surface area contributed by atoms with Crippen LogP contribution in [0.4, 0.5) is 0 Å². The molecule has 0 saturated carbocycles. The van der Waals surface area contributed by atoms with Crippen LogP contribution < -0.4 is 0 Å². The van der Waals surface area contributed by atoms with Crippen LogP contribution in [0.3, 0.4) is 0 Å². The van der Waals surface area contributed by atoms with E-state index >= 15 is 0 Å². The summed E-state index contributed by atoms with van der Waals surface area (Å²) in [5, 5.41) is 9.11. The molecule has 0 fully saturated rings. The molecule has 0 aliphatic rings. The number of carboxylic acids is 1. The lowest BCUT2D eigenvalue weighted by Gasteiger charge is -2.06. The molecular weight excluding hydrogens is 268 g/mol. The predicted molar refractivity (Wildman–Crippen MR) is 78.6 cm³/mol. The number of carbonyl (C=O) groups is 2. The maximum atomic E-state index is 12.3. The van der Waals surface area contributed by atoms with E-state index in [1.807, 2.05) is 24.3 Å². The molecule has 0 saturated heterocycles. The van der Waals surface area contributed by atoms with Crippen molar-refractivity contribution in [1.29, 1.82) is 0 Å². The summed E-state index contributed by atoms with van der Waals surface area (Å²) in [6, 6.07) is 13.8. The van der Waals surface area contributed by atoms with Crippen molar-refractivity contribution >= 4 is 11.8 Å². The molecule has 0 radical (unpaired) electrons. The fourth-order valence-corrected chi connectivity index (χ4v) is 2.11. The second-order valence-corrected chi connectivity index (χ2v) is 4.70. The van der Waals surface area contributed by atoms with E-state index in [0.717, 1.165) is 11.1 Å². The van der Waals surface area contributed by atoms with Crippen LogP contribution in [0.2, 0.25) is 0 Å². The Hall–Kier alpha value is -2.46. The van der Waals surface area contributed by atoms with Crippen LogP contribution in [0.5, 0.6) is 0 Å². The SMILES string of the molecule is COCc1ccc(CC(=O)c2ccccc2C(=O)O)cc1. The highest BCUT2D eigenvalue weighted by Crippen LogP contribution is 2.14. The topological polar surface area (TPSA) is 63.6 Å². The zero-order valence-electron chi connectivity index (χ0n) is 11.7. The first-order valence-corrected chi connectivity index (χ1v) is 6.54. The lowest BCUT2D eigenvalue weighted by atomic mass is 9.98. The molecule has 0 atom stereocenters. The lowest BCUT2D eigenvalue weighted by Crippen LogP contribution is -2.10. The number of aromatic carboxylic acids is 1. The van der Waals surface area contributed by atoms with Crippen molar-refractivity contribution in [1.82, 2.24) is 0 Å². The van der Waals surface area contributed by atoms with Crippen molar-refractivity contribution in [2.75, 3.05) is 7.11 Å². The Kier molecular flexibility index (Phi) is 4.85. The molecule has 0 bridgehead atoms. The molecule has 2 rings (SSSR count). The molecule has 1 N–H and O–H groups in total. The molecule has 2 aromatic carbocycles. The van der Waals surface area contributed by atoms with Crippen molar-refractivity contribution in [2.24, 2.45) is 0 Å². The maximum absolute atomic E-state index is 12.3. The van der Waals surface area contributed by atoms with E-state index in [1.54, 1.807) is 25.3 Å². The minimum atomic E-state index is -1.09. The fraction of sp³-hybridized carbons (Fsp3) is 0.176. The van der Waals surface area contributed by atoms with E-state index in [2.05, 4.69) is 0 Å². The van der Waals surface area contributed by atoms with Crippen LogP contribution in [0, 0.1) is 0 Å². The van der Waals surface area contributed by atoms with Gasteiger partial charge in [0.05, 0.1) is 12.2 Å². The number of methoxy groups -OCH3 is 1. The van der Waals surface area contributed by atoms with E-state index < -0.39 is 5.97 Å². The zero-order chi connectivity index (χ0) is 15.2. The smallest absolute Gasteiger partial charge is 0.336 e. The first-order valence-electron chi connectivity index (χ1n) is 6.54. The summed E-state index contributed by atoms with van der Waals surface area (Å²) in [6.07, 6.45) is 0.178. The standard InChI is InChI=1S/C17H16O4/c1-21-11-13-8-6-12(7-9-13)10-16(18)14-4-2-3-5-15(14)17(19)20/h2-9H,10-11H2,1H3,(H,19,20). The number of hydrogen-bond acceptors (Lipinski definition) is 3. The van der Waals surface area contributed by atoms with Gasteiger partial charge in [0.15, 0.2) is 5.78 Å². The Bertz CT molecular complexity index is 644. The maximum Gasteiger partial charge on any atom is 0.336 e. The van der Waals surface area contributed by atoms with E-state index in [9.17, 15) is 9.59 Å². The van der Waals surface area contributed by atoms with Gasteiger partial charge in [-0.3, -0.25) is 4.79 Å². The van der Waals surface area contributed by atoms with Gasteiger partial charge in [-0.1, -0.05) is 42.5 Å². The minimum absolute atomic E-state index is 0.0403. The van der Waals surface area contributed by atoms with Crippen LogP contribution >= 0.6 is 0 Å². The Balaban J connectivity index is 2.16. The molecule has 4 nitrogen and oxygen atoms in total. The van der Waals surface area contributed by atoms with E-state index in [-0.39, 0.29) is 23.3 Å². The Morgan fingerprint density at radius 2 is 1.52 bits per heavy atom. The molecule has 0 heterocycles. The Morgan fingerprint density at radius 3 is 2.10 bits per heavy atom. The summed E-state index contributed by atoms with van der Waals surface area (Å²) in [5.74, 6) is -1.29. The number of carbonyl (C=O) groups excluding carboxylic acids is 1. The summed E-state index contributed by atoms with van der Waals surface area (Å²) >= 11 is 0. The molecule has 108 valence electrons. The van der Waals surface area contributed by atoms with Gasteiger partial charge in [-0.2, -0.15) is 0 Å². The van der Waals surface area contributed by atoms with Gasteiger partial charge in [0.25, 0.3) is 0 Å². The number of ether oxygens (including phenoxy) is 1. The molecule has 4 heteroatoms. The Morgan fingerprint density at radius 1 is 0.952 bits per heavy atom. The highest BCUT2D eigenvalue weighted by atomic mass is 16.5. The minimum Gasteiger partial charge on any atom is -0.478 e. The van der Waals surface area contributed by atoms with Crippen molar-refractivity contribution in [3.05, 3.63) is 70.8 Å². The normalized spacial score (nSPS) is 10.3. The summed E-state index contributed by atoms with van der Waals surface area (Å²) in [7, 11) is 1.63. The quantitative estimate of drug-likeness (QED) is 0.828. The van der Waals surface area contributed by atoms with Crippen LogP contribution in [0.25, 0.3) is 0 Å². The predicted octanol–water partition coefficient (Wildman–Crippen LogP) is 2.96. The van der Waals surface area contributed by atoms with Crippen LogP contribution in [-0.2, 0) is 17.8 Å². The van der Waals surface area contributed by atoms with E-state index in [1.165, 1.54) is 6.07 Å². The second-order valence-electron chi connectivity index (χ2n) is 4.70. The molecule has 0 aromatic heterocycles. The average Bonchev–Trinajstić information content (AvgIpc) is 2.49. The summed E-state index contributed by atoms with van der Waals surface area (Å²) in [6.45, 7) is 0.524. The molecule has 0 aliphatic carbocycles. The van der Waals surface area contributed by atoms with Crippen molar-refractivity contribution in [3.8, 4) is 0 Å². The van der Waals surface area contributed by atoms with Crippen LogP contribution in [-0.4, -0.2) is 24.0 Å². The van der Waals surface area contributed by atoms with Crippen molar-refractivity contribution in [2.45, 2.75) is 13.0 Å². The first kappa shape index (κ1) is 14.9. The molecule has 0 amide bonds. The number of Topliss-reactive ketones (excluding diaryl/α,β-unsaturated/α-hetero) is 1. The molecule has 21 heavy (non-hydrogen) atoms. The number of benzene rings is 2. The molecule has 0 unspecified atom stereocenters. The third-order valence-corrected chi connectivity index (χ3v) is 3.16. The molecule has 0 spiro atoms. The lowest BCUT2D eigenvalue weighted by molar-refractivity contribution is 0.0692. The van der Waals surface area contributed by atoms with Crippen molar-refractivity contribution < 1.29 is 19.4 Å². The Labute approximate surface area is 123 Å². The average molecular weight is 284 g/mol. The fourth-order valence-electron chi connectivity index (χ4n) is 2.11. The third kappa shape index (κ3) is 3.77. The zero-order valence-corrected chi connectivity index (χ0v) is 11.7. The van der Waals surface area contributed by atoms with E-state index in [4.69, 9.17) is 9.84 Å². The summed E-state index contributed by atoms with van der Waals surface area (Å²) in [5.41, 5.74) is 2.16. The van der Waals surface area contributed by atoms with Gasteiger partial charge in [0.2, 0.25) is 0 Å². The van der Waals surface area contributed by atoms with Crippen LogP contribution in [0.1, 0.15) is 31.8 Å². The first-order chi connectivity index (χ1) is 10.1. The molecule has 0 aliphatic heterocycles. The third-order valence-electron chi connectivity index (χ3n) is 3.16. The van der Waals surface area contributed by atoms with Gasteiger partial charge in [0, 0.05) is 19.1 Å². The van der Waals surface area contributed by atoms with Gasteiger partial charge in [-0.25, -0.2) is 4.79 Å². The second kappa shape index (κ2) is 6.81. The van der Waals surface area contributed by atoms with Crippen LogP contribution in [0.15, 0.2) is 48.5 Å². The highest BCUT2D eigenvalue weighted by Gasteiger charge is 2.15. The number of carboxylic acid groups (broad SMARTS) is 1. The van der Waals surface area contributed by atoms with Gasteiger partial charge in [0.1, 0.15) is 0 Å². The number of hydrogen-bond donors (Lipinski definition) is 1. The van der Waals surface area contributed by atoms with Crippen molar-refractivity contribution in [3.63, 3.8) is 0 Å². The molecular formula is C17H16O4. The van der Waals surface area contributed by atoms with Gasteiger partial charge >= 0.3 is 5.97 Å². The summed E-state index contributed by atoms with van der Waals surface area (Å²) in [4.78, 5) is 23.4. The monoisotopic (exact) mass is 284 g/mol. The summed E-state index contributed by atoms with van der Waals surface area (Å²) < 4.78 is 5.03. The van der Waals surface area contributed by atoms with Gasteiger partial charge in [-0.15, -0.1) is 0 Å². The number of ketones is 1. The highest BCUT2D eigenvalue weighted by molar-refractivity contribution is 6.06. The number of rotatable bonds is 6. The largest absolute Gasteiger partial charge is 0.478 e. The molecule has 2 aromatic rings. The van der Waals surface area contributed by atoms with Gasteiger partial charge in [-0.05, 0) is 17.2 Å².